The summed E-state index contributed by atoms with van der Waals surface area (Å²) in [7, 11) is 1.35. The molecular weight excluding hydrogens is 208 g/mol. The molecule has 0 spiro atoms. The molecule has 1 rings (SSSR count). The molecule has 0 aliphatic heterocycles. The van der Waals surface area contributed by atoms with Gasteiger partial charge in [-0.05, 0) is 5.92 Å². The number of anilines is 2. The highest BCUT2D eigenvalue weighted by molar-refractivity contribution is 5.79. The van der Waals surface area contributed by atoms with Crippen LogP contribution in [-0.4, -0.2) is 29.1 Å². The Morgan fingerprint density at radius 2 is 2.19 bits per heavy atom. The Morgan fingerprint density at radius 1 is 1.50 bits per heavy atom. The number of nitrogen functional groups attached to an aromatic ring is 1. The second kappa shape index (κ2) is 5.29. The number of nitrogens with two attached hydrogens (primary N) is 1. The molecule has 1 heterocycles. The zero-order chi connectivity index (χ0) is 12.1. The fourth-order valence-corrected chi connectivity index (χ4v) is 1.24. The van der Waals surface area contributed by atoms with Gasteiger partial charge in [0.2, 0.25) is 0 Å². The number of carbonyl (C=O) groups excluding carboxylic acids is 1. The Hall–Kier alpha value is -1.85. The van der Waals surface area contributed by atoms with Crippen molar-refractivity contribution in [2.45, 2.75) is 19.9 Å². The Labute approximate surface area is 94.2 Å². The number of rotatable bonds is 4. The molecule has 0 saturated carbocycles. The van der Waals surface area contributed by atoms with Gasteiger partial charge in [-0.15, -0.1) is 0 Å². The van der Waals surface area contributed by atoms with E-state index in [0.717, 1.165) is 0 Å². The molecule has 0 aromatic carbocycles. The van der Waals surface area contributed by atoms with Crippen molar-refractivity contribution in [2.75, 3.05) is 18.2 Å². The van der Waals surface area contributed by atoms with Crippen LogP contribution in [0.1, 0.15) is 13.8 Å². The summed E-state index contributed by atoms with van der Waals surface area (Å²) in [5.41, 5.74) is 5.51. The lowest BCUT2D eigenvalue weighted by Crippen LogP contribution is -2.35. The Balaban J connectivity index is 2.79. The summed E-state index contributed by atoms with van der Waals surface area (Å²) in [6.45, 7) is 3.83. The van der Waals surface area contributed by atoms with Gasteiger partial charge in [0.05, 0.1) is 7.11 Å². The van der Waals surface area contributed by atoms with Gasteiger partial charge in [0, 0.05) is 6.07 Å². The number of nitrogens with one attached hydrogen (secondary N) is 1. The highest BCUT2D eigenvalue weighted by atomic mass is 16.5. The average Bonchev–Trinajstić information content (AvgIpc) is 2.24. The first-order chi connectivity index (χ1) is 7.54. The SMILES string of the molecule is COC(=O)C(Nc1cc(N)ncn1)C(C)C. The number of carbonyl (C=O) groups is 1. The van der Waals surface area contributed by atoms with Gasteiger partial charge in [-0.3, -0.25) is 0 Å². The van der Waals surface area contributed by atoms with Crippen molar-refractivity contribution in [3.63, 3.8) is 0 Å². The molecule has 6 nitrogen and oxygen atoms in total. The van der Waals surface area contributed by atoms with Crippen molar-refractivity contribution >= 4 is 17.6 Å². The van der Waals surface area contributed by atoms with Crippen LogP contribution in [0.25, 0.3) is 0 Å². The van der Waals surface area contributed by atoms with Crippen molar-refractivity contribution in [1.29, 1.82) is 0 Å². The van der Waals surface area contributed by atoms with E-state index in [1.54, 1.807) is 6.07 Å². The average molecular weight is 224 g/mol. The molecule has 1 aromatic heterocycles. The number of hydrogen-bond donors (Lipinski definition) is 2. The van der Waals surface area contributed by atoms with E-state index in [0.29, 0.717) is 11.6 Å². The molecule has 0 amide bonds. The van der Waals surface area contributed by atoms with E-state index in [2.05, 4.69) is 15.3 Å². The van der Waals surface area contributed by atoms with E-state index in [9.17, 15) is 4.79 Å². The summed E-state index contributed by atoms with van der Waals surface area (Å²) in [5.74, 6) is 0.622. The van der Waals surface area contributed by atoms with Gasteiger partial charge in [0.25, 0.3) is 0 Å². The third-order valence-corrected chi connectivity index (χ3v) is 2.11. The van der Waals surface area contributed by atoms with Gasteiger partial charge in [-0.25, -0.2) is 14.8 Å². The van der Waals surface area contributed by atoms with Crippen LogP contribution in [0.15, 0.2) is 12.4 Å². The maximum Gasteiger partial charge on any atom is 0.328 e. The second-order valence-electron chi connectivity index (χ2n) is 3.72. The minimum Gasteiger partial charge on any atom is -0.467 e. The summed E-state index contributed by atoms with van der Waals surface area (Å²) in [6, 6.07) is 1.12. The number of methoxy groups -OCH3 is 1. The maximum atomic E-state index is 11.5. The van der Waals surface area contributed by atoms with Crippen LogP contribution in [0, 0.1) is 5.92 Å². The summed E-state index contributed by atoms with van der Waals surface area (Å²) in [4.78, 5) is 19.2. The number of nitrogens with zero attached hydrogens (tertiary/aromatic N) is 2. The van der Waals surface area contributed by atoms with E-state index in [-0.39, 0.29) is 11.9 Å². The first kappa shape index (κ1) is 12.2. The monoisotopic (exact) mass is 224 g/mol. The lowest BCUT2D eigenvalue weighted by atomic mass is 10.0. The molecule has 0 aliphatic rings. The zero-order valence-electron chi connectivity index (χ0n) is 9.60. The van der Waals surface area contributed by atoms with Gasteiger partial charge in [-0.1, -0.05) is 13.8 Å². The minimum atomic E-state index is -0.445. The predicted molar refractivity (Wildman–Crippen MR) is 60.7 cm³/mol. The van der Waals surface area contributed by atoms with Crippen molar-refractivity contribution in [2.24, 2.45) is 5.92 Å². The normalized spacial score (nSPS) is 12.2. The molecule has 0 radical (unpaired) electrons. The molecule has 6 heteroatoms. The van der Waals surface area contributed by atoms with E-state index >= 15 is 0 Å². The molecule has 0 bridgehead atoms. The zero-order valence-corrected chi connectivity index (χ0v) is 9.60. The molecule has 3 N–H and O–H groups in total. The van der Waals surface area contributed by atoms with Crippen LogP contribution >= 0.6 is 0 Å². The minimum absolute atomic E-state index is 0.0867. The van der Waals surface area contributed by atoms with Crippen LogP contribution in [0.5, 0.6) is 0 Å². The first-order valence-electron chi connectivity index (χ1n) is 4.96. The molecule has 1 aromatic rings. The topological polar surface area (TPSA) is 90.1 Å². The van der Waals surface area contributed by atoms with Crippen molar-refractivity contribution in [1.82, 2.24) is 9.97 Å². The summed E-state index contributed by atoms with van der Waals surface area (Å²) >= 11 is 0. The second-order valence-corrected chi connectivity index (χ2v) is 3.72. The Bertz CT molecular complexity index is 368. The summed E-state index contributed by atoms with van der Waals surface area (Å²) < 4.78 is 4.70. The molecule has 1 unspecified atom stereocenters. The number of esters is 1. The smallest absolute Gasteiger partial charge is 0.328 e. The van der Waals surface area contributed by atoms with Crippen LogP contribution in [0.3, 0.4) is 0 Å². The third-order valence-electron chi connectivity index (χ3n) is 2.11. The Morgan fingerprint density at radius 3 is 2.69 bits per heavy atom. The fraction of sp³-hybridized carbons (Fsp3) is 0.500. The van der Waals surface area contributed by atoms with E-state index in [1.807, 2.05) is 13.8 Å². The fourth-order valence-electron chi connectivity index (χ4n) is 1.24. The lowest BCUT2D eigenvalue weighted by molar-refractivity contribution is -0.142. The quantitative estimate of drug-likeness (QED) is 0.730. The van der Waals surface area contributed by atoms with E-state index < -0.39 is 6.04 Å². The highest BCUT2D eigenvalue weighted by Crippen LogP contribution is 2.12. The summed E-state index contributed by atoms with van der Waals surface area (Å²) in [6.07, 6.45) is 1.34. The van der Waals surface area contributed by atoms with Crippen molar-refractivity contribution in [3.05, 3.63) is 12.4 Å². The number of hydrogen-bond acceptors (Lipinski definition) is 6. The third kappa shape index (κ3) is 3.08. The van der Waals surface area contributed by atoms with E-state index in [1.165, 1.54) is 13.4 Å². The van der Waals surface area contributed by atoms with Crippen molar-refractivity contribution < 1.29 is 9.53 Å². The standard InChI is InChI=1S/C10H16N4O2/c1-6(2)9(10(15)16-3)14-8-4-7(11)12-5-13-8/h4-6,9H,1-3H3,(H3,11,12,13,14). The maximum absolute atomic E-state index is 11.5. The van der Waals surface area contributed by atoms with Gasteiger partial charge < -0.3 is 15.8 Å². The molecule has 0 aliphatic carbocycles. The van der Waals surface area contributed by atoms with E-state index in [4.69, 9.17) is 10.5 Å². The van der Waals surface area contributed by atoms with Gasteiger partial charge in [0.15, 0.2) is 0 Å². The Kier molecular flexibility index (Phi) is 4.04. The number of ether oxygens (including phenoxy) is 1. The van der Waals surface area contributed by atoms with Crippen LogP contribution in [-0.2, 0) is 9.53 Å². The van der Waals surface area contributed by atoms with Crippen LogP contribution in [0.2, 0.25) is 0 Å². The molecule has 0 fully saturated rings. The molecule has 16 heavy (non-hydrogen) atoms. The molecule has 1 atom stereocenters. The van der Waals surface area contributed by atoms with Crippen molar-refractivity contribution in [3.8, 4) is 0 Å². The molecule has 0 saturated heterocycles. The van der Waals surface area contributed by atoms with Gasteiger partial charge in [0.1, 0.15) is 24.0 Å². The highest BCUT2D eigenvalue weighted by Gasteiger charge is 2.23. The van der Waals surface area contributed by atoms with Crippen LogP contribution in [0.4, 0.5) is 11.6 Å². The molecule has 88 valence electrons. The molecular formula is C10H16N4O2. The largest absolute Gasteiger partial charge is 0.467 e. The van der Waals surface area contributed by atoms with Gasteiger partial charge >= 0.3 is 5.97 Å². The predicted octanol–water partition coefficient (Wildman–Crippen LogP) is 0.668. The van der Waals surface area contributed by atoms with Gasteiger partial charge in [-0.2, -0.15) is 0 Å². The summed E-state index contributed by atoms with van der Waals surface area (Å²) in [5, 5.41) is 2.96. The first-order valence-corrected chi connectivity index (χ1v) is 4.96. The number of aromatic nitrogens is 2. The lowest BCUT2D eigenvalue weighted by Gasteiger charge is -2.20. The van der Waals surface area contributed by atoms with Crippen LogP contribution < -0.4 is 11.1 Å².